The number of alkyl halides is 3. The monoisotopic (exact) mass is 278 g/mol. The van der Waals surface area contributed by atoms with E-state index in [2.05, 4.69) is 19.7 Å². The third kappa shape index (κ3) is 2.78. The molecule has 1 atom stereocenters. The third-order valence-electron chi connectivity index (χ3n) is 2.03. The summed E-state index contributed by atoms with van der Waals surface area (Å²) >= 11 is 0.645. The summed E-state index contributed by atoms with van der Waals surface area (Å²) in [6.07, 6.45) is -2.99. The van der Waals surface area contributed by atoms with E-state index in [1.54, 1.807) is 13.8 Å². The molecule has 0 saturated carbocycles. The first-order valence-corrected chi connectivity index (χ1v) is 5.73. The molecule has 9 heteroatoms. The Balaban J connectivity index is 2.08. The number of hydrogen-bond acceptors (Lipinski definition) is 6. The van der Waals surface area contributed by atoms with Crippen LogP contribution in [0.3, 0.4) is 0 Å². The molecule has 1 N–H and O–H groups in total. The first kappa shape index (κ1) is 12.8. The summed E-state index contributed by atoms with van der Waals surface area (Å²) in [6, 6.07) is -0.382. The Morgan fingerprint density at radius 2 is 2.17 bits per heavy atom. The van der Waals surface area contributed by atoms with Crippen molar-refractivity contribution >= 4 is 16.7 Å². The van der Waals surface area contributed by atoms with Gasteiger partial charge in [0.25, 0.3) is 0 Å². The van der Waals surface area contributed by atoms with Crippen LogP contribution < -0.4 is 5.32 Å². The molecule has 1 unspecified atom stereocenters. The maximum atomic E-state index is 12.3. The summed E-state index contributed by atoms with van der Waals surface area (Å²) in [4.78, 5) is 7.33. The maximum absolute atomic E-state index is 12.3. The van der Waals surface area contributed by atoms with E-state index in [1.165, 1.54) is 6.20 Å². The fourth-order valence-corrected chi connectivity index (χ4v) is 1.89. The number of rotatable bonds is 3. The van der Waals surface area contributed by atoms with Gasteiger partial charge in [-0.2, -0.15) is 22.5 Å². The molecule has 0 aliphatic carbocycles. The summed E-state index contributed by atoms with van der Waals surface area (Å²) in [5.74, 6) is -0.131. The minimum absolute atomic E-state index is 0.0747. The predicted molar refractivity (Wildman–Crippen MR) is 58.2 cm³/mol. The van der Waals surface area contributed by atoms with Crippen molar-refractivity contribution in [3.63, 3.8) is 0 Å². The molecule has 0 bridgehead atoms. The number of nitrogens with zero attached hydrogens (tertiary/aromatic N) is 3. The van der Waals surface area contributed by atoms with Crippen molar-refractivity contribution in [2.24, 2.45) is 0 Å². The van der Waals surface area contributed by atoms with Crippen molar-refractivity contribution in [1.29, 1.82) is 0 Å². The summed E-state index contributed by atoms with van der Waals surface area (Å²) in [6.45, 7) is 3.44. The molecule has 5 nitrogen and oxygen atoms in total. The van der Waals surface area contributed by atoms with E-state index < -0.39 is 12.0 Å². The lowest BCUT2D eigenvalue weighted by Crippen LogP contribution is -2.09. The van der Waals surface area contributed by atoms with Crippen LogP contribution in [0.1, 0.15) is 30.4 Å². The van der Waals surface area contributed by atoms with Crippen molar-refractivity contribution in [3.8, 4) is 0 Å². The van der Waals surface area contributed by atoms with Gasteiger partial charge in [0.15, 0.2) is 0 Å². The highest BCUT2D eigenvalue weighted by Crippen LogP contribution is 2.30. The van der Waals surface area contributed by atoms with Crippen LogP contribution >= 0.6 is 11.5 Å². The van der Waals surface area contributed by atoms with E-state index in [4.69, 9.17) is 4.42 Å². The molecule has 98 valence electrons. The van der Waals surface area contributed by atoms with Gasteiger partial charge in [0.2, 0.25) is 16.8 Å². The zero-order valence-electron chi connectivity index (χ0n) is 9.45. The van der Waals surface area contributed by atoms with E-state index in [1.807, 2.05) is 0 Å². The molecule has 0 aliphatic rings. The van der Waals surface area contributed by atoms with Crippen molar-refractivity contribution in [2.75, 3.05) is 5.32 Å². The molecule has 18 heavy (non-hydrogen) atoms. The standard InChI is InChI=1S/C9H9F3N4OS/c1-4-3-13-6(17-4)5(2)14-8-15-7(16-18-8)9(10,11)12/h3,5H,1-2H3,(H,14,15,16). The minimum atomic E-state index is -4.53. The van der Waals surface area contributed by atoms with Gasteiger partial charge < -0.3 is 9.73 Å². The molecule has 0 fully saturated rings. The average Bonchev–Trinajstić information content (AvgIpc) is 2.85. The van der Waals surface area contributed by atoms with Crippen LogP contribution in [-0.2, 0) is 6.18 Å². The SMILES string of the molecule is Cc1cnc(C(C)Nc2nc(C(F)(F)F)ns2)o1. The van der Waals surface area contributed by atoms with Crippen LogP contribution in [0.5, 0.6) is 0 Å². The first-order valence-electron chi connectivity index (χ1n) is 4.96. The number of anilines is 1. The molecule has 2 heterocycles. The fourth-order valence-electron chi connectivity index (χ4n) is 1.22. The Labute approximate surface area is 104 Å². The summed E-state index contributed by atoms with van der Waals surface area (Å²) in [5.41, 5.74) is 0. The molecular formula is C9H9F3N4OS. The molecule has 0 aliphatic heterocycles. The number of nitrogens with one attached hydrogen (secondary N) is 1. The Morgan fingerprint density at radius 3 is 2.67 bits per heavy atom. The lowest BCUT2D eigenvalue weighted by atomic mass is 10.3. The van der Waals surface area contributed by atoms with E-state index >= 15 is 0 Å². The summed E-state index contributed by atoms with van der Waals surface area (Å²) in [5, 5.41) is 2.83. The molecule has 2 aromatic rings. The van der Waals surface area contributed by atoms with Gasteiger partial charge in [-0.05, 0) is 13.8 Å². The molecule has 2 rings (SSSR count). The lowest BCUT2D eigenvalue weighted by Gasteiger charge is -2.07. The normalized spacial score (nSPS) is 13.6. The highest BCUT2D eigenvalue weighted by molar-refractivity contribution is 7.09. The van der Waals surface area contributed by atoms with Crippen LogP contribution in [0.2, 0.25) is 0 Å². The Kier molecular flexibility index (Phi) is 3.24. The zero-order valence-corrected chi connectivity index (χ0v) is 10.3. The van der Waals surface area contributed by atoms with Gasteiger partial charge in [0.1, 0.15) is 11.8 Å². The second kappa shape index (κ2) is 4.56. The molecule has 0 radical (unpaired) electrons. The summed E-state index contributed by atoms with van der Waals surface area (Å²) in [7, 11) is 0. The van der Waals surface area contributed by atoms with Gasteiger partial charge in [0.05, 0.1) is 6.20 Å². The number of oxazole rings is 1. The van der Waals surface area contributed by atoms with E-state index in [-0.39, 0.29) is 11.2 Å². The number of aromatic nitrogens is 3. The molecule has 0 amide bonds. The average molecular weight is 278 g/mol. The zero-order chi connectivity index (χ0) is 13.3. The van der Waals surface area contributed by atoms with Crippen LogP contribution in [0.4, 0.5) is 18.3 Å². The second-order valence-corrected chi connectivity index (χ2v) is 4.35. The van der Waals surface area contributed by atoms with Crippen molar-refractivity contribution in [2.45, 2.75) is 26.1 Å². The van der Waals surface area contributed by atoms with Crippen molar-refractivity contribution in [3.05, 3.63) is 23.7 Å². The second-order valence-electron chi connectivity index (χ2n) is 3.60. The Morgan fingerprint density at radius 1 is 1.44 bits per heavy atom. The molecular weight excluding hydrogens is 269 g/mol. The fraction of sp³-hybridized carbons (Fsp3) is 0.444. The minimum Gasteiger partial charge on any atom is -0.444 e. The summed E-state index contributed by atoms with van der Waals surface area (Å²) < 4.78 is 45.3. The van der Waals surface area contributed by atoms with Crippen LogP contribution in [0.15, 0.2) is 10.6 Å². The van der Waals surface area contributed by atoms with Gasteiger partial charge in [0, 0.05) is 11.5 Å². The molecule has 0 aromatic carbocycles. The highest BCUT2D eigenvalue weighted by Gasteiger charge is 2.36. The van der Waals surface area contributed by atoms with E-state index in [0.717, 1.165) is 0 Å². The third-order valence-corrected chi connectivity index (χ3v) is 2.68. The lowest BCUT2D eigenvalue weighted by molar-refractivity contribution is -0.144. The Bertz CT molecular complexity index is 536. The van der Waals surface area contributed by atoms with Gasteiger partial charge in [-0.3, -0.25) is 0 Å². The number of hydrogen-bond donors (Lipinski definition) is 1. The van der Waals surface area contributed by atoms with Gasteiger partial charge in [-0.1, -0.05) is 0 Å². The van der Waals surface area contributed by atoms with Gasteiger partial charge in [-0.25, -0.2) is 4.98 Å². The smallest absolute Gasteiger partial charge is 0.444 e. The van der Waals surface area contributed by atoms with Crippen LogP contribution in [0, 0.1) is 6.92 Å². The largest absolute Gasteiger partial charge is 0.452 e. The Hall–Kier alpha value is -1.64. The van der Waals surface area contributed by atoms with E-state index in [0.29, 0.717) is 23.2 Å². The van der Waals surface area contributed by atoms with Crippen molar-refractivity contribution in [1.82, 2.24) is 14.3 Å². The maximum Gasteiger partial charge on any atom is 0.452 e. The van der Waals surface area contributed by atoms with Gasteiger partial charge >= 0.3 is 6.18 Å². The van der Waals surface area contributed by atoms with Crippen LogP contribution in [-0.4, -0.2) is 14.3 Å². The van der Waals surface area contributed by atoms with Crippen LogP contribution in [0.25, 0.3) is 0 Å². The highest BCUT2D eigenvalue weighted by atomic mass is 32.1. The first-order chi connectivity index (χ1) is 8.36. The molecule has 0 spiro atoms. The number of halogens is 3. The van der Waals surface area contributed by atoms with Crippen molar-refractivity contribution < 1.29 is 17.6 Å². The quantitative estimate of drug-likeness (QED) is 0.935. The number of aryl methyl sites for hydroxylation is 1. The van der Waals surface area contributed by atoms with E-state index in [9.17, 15) is 13.2 Å². The molecule has 2 aromatic heterocycles. The molecule has 0 saturated heterocycles. The van der Waals surface area contributed by atoms with Gasteiger partial charge in [-0.15, -0.1) is 0 Å². The predicted octanol–water partition coefficient (Wildman–Crippen LogP) is 3.03. The topological polar surface area (TPSA) is 63.8 Å².